The average molecular weight is 248 g/mol. The minimum atomic E-state index is 0.192. The van der Waals surface area contributed by atoms with Crippen LogP contribution in [-0.2, 0) is 13.0 Å². The summed E-state index contributed by atoms with van der Waals surface area (Å²) in [5.41, 5.74) is 2.14. The minimum absolute atomic E-state index is 0.192. The molecule has 0 aliphatic heterocycles. The van der Waals surface area contributed by atoms with E-state index >= 15 is 0 Å². The molecule has 0 fully saturated rings. The van der Waals surface area contributed by atoms with Crippen LogP contribution in [0.25, 0.3) is 5.69 Å². The maximum absolute atomic E-state index is 9.99. The van der Waals surface area contributed by atoms with Crippen molar-refractivity contribution < 1.29 is 5.11 Å². The van der Waals surface area contributed by atoms with Gasteiger partial charge in [0.1, 0.15) is 0 Å². The molecule has 1 aromatic carbocycles. The van der Waals surface area contributed by atoms with E-state index in [-0.39, 0.29) is 5.88 Å². The number of aromatic nitrogens is 2. The summed E-state index contributed by atoms with van der Waals surface area (Å²) in [6, 6.07) is 7.99. The fourth-order valence-corrected chi connectivity index (χ4v) is 2.33. The third-order valence-corrected chi connectivity index (χ3v) is 3.31. The van der Waals surface area contributed by atoms with Crippen molar-refractivity contribution in [3.8, 4) is 11.6 Å². The standard InChI is InChI=1S/C13H16N2OS/c1-3-10-7-5-6-8-11(10)15-12(16)9-14(4-2)13(15)17/h5-9,16H,3-4H2,1-2H3. The molecule has 0 spiro atoms. The monoisotopic (exact) mass is 248 g/mol. The molecular weight excluding hydrogens is 232 g/mol. The Balaban J connectivity index is 2.68. The summed E-state index contributed by atoms with van der Waals surface area (Å²) in [5, 5.41) is 9.99. The van der Waals surface area contributed by atoms with Gasteiger partial charge in [0.15, 0.2) is 4.77 Å². The van der Waals surface area contributed by atoms with Gasteiger partial charge >= 0.3 is 0 Å². The Morgan fingerprint density at radius 3 is 2.53 bits per heavy atom. The van der Waals surface area contributed by atoms with Crippen LogP contribution in [0.15, 0.2) is 30.5 Å². The quantitative estimate of drug-likeness (QED) is 0.845. The second-order valence-electron chi connectivity index (χ2n) is 3.87. The molecule has 90 valence electrons. The zero-order valence-electron chi connectivity index (χ0n) is 10.1. The topological polar surface area (TPSA) is 30.1 Å². The van der Waals surface area contributed by atoms with Gasteiger partial charge in [-0.25, -0.2) is 0 Å². The Kier molecular flexibility index (Phi) is 3.33. The van der Waals surface area contributed by atoms with E-state index in [1.165, 1.54) is 5.56 Å². The van der Waals surface area contributed by atoms with Gasteiger partial charge in [-0.1, -0.05) is 25.1 Å². The van der Waals surface area contributed by atoms with Gasteiger partial charge in [0.05, 0.1) is 11.9 Å². The fourth-order valence-electron chi connectivity index (χ4n) is 1.96. The second kappa shape index (κ2) is 4.75. The molecular formula is C13H16N2OS. The van der Waals surface area contributed by atoms with Gasteiger partial charge in [-0.05, 0) is 37.2 Å². The Bertz CT molecular complexity index is 583. The number of hydrogen-bond acceptors (Lipinski definition) is 2. The van der Waals surface area contributed by atoms with E-state index in [1.54, 1.807) is 10.8 Å². The van der Waals surface area contributed by atoms with Crippen molar-refractivity contribution in [3.63, 3.8) is 0 Å². The van der Waals surface area contributed by atoms with Crippen molar-refractivity contribution in [1.82, 2.24) is 9.13 Å². The van der Waals surface area contributed by atoms with E-state index in [9.17, 15) is 5.11 Å². The normalized spacial score (nSPS) is 10.7. The Morgan fingerprint density at radius 1 is 1.24 bits per heavy atom. The van der Waals surface area contributed by atoms with E-state index in [0.29, 0.717) is 4.77 Å². The highest BCUT2D eigenvalue weighted by molar-refractivity contribution is 7.71. The van der Waals surface area contributed by atoms with Gasteiger partial charge in [-0.15, -0.1) is 0 Å². The summed E-state index contributed by atoms with van der Waals surface area (Å²) < 4.78 is 4.21. The Hall–Kier alpha value is -1.55. The fraction of sp³-hybridized carbons (Fsp3) is 0.308. The van der Waals surface area contributed by atoms with Gasteiger partial charge in [-0.3, -0.25) is 4.57 Å². The first-order chi connectivity index (χ1) is 8.19. The summed E-state index contributed by atoms with van der Waals surface area (Å²) >= 11 is 5.37. The molecule has 0 aliphatic rings. The summed E-state index contributed by atoms with van der Waals surface area (Å²) in [5.74, 6) is 0.192. The number of aryl methyl sites for hydroxylation is 2. The largest absolute Gasteiger partial charge is 0.493 e. The van der Waals surface area contributed by atoms with Crippen molar-refractivity contribution in [1.29, 1.82) is 0 Å². The molecule has 1 N–H and O–H groups in total. The third-order valence-electron chi connectivity index (χ3n) is 2.89. The first-order valence-electron chi connectivity index (χ1n) is 5.78. The molecule has 0 aliphatic carbocycles. The highest BCUT2D eigenvalue weighted by atomic mass is 32.1. The molecule has 0 atom stereocenters. The highest BCUT2D eigenvalue weighted by Crippen LogP contribution is 2.23. The number of aromatic hydroxyl groups is 1. The van der Waals surface area contributed by atoms with Crippen molar-refractivity contribution >= 4 is 12.2 Å². The molecule has 1 aromatic heterocycles. The van der Waals surface area contributed by atoms with Crippen LogP contribution < -0.4 is 0 Å². The van der Waals surface area contributed by atoms with Gasteiger partial charge in [0.2, 0.25) is 5.88 Å². The molecule has 0 bridgehead atoms. The maximum Gasteiger partial charge on any atom is 0.214 e. The summed E-state index contributed by atoms with van der Waals surface area (Å²) in [6.45, 7) is 4.86. The van der Waals surface area contributed by atoms with Crippen LogP contribution in [-0.4, -0.2) is 14.2 Å². The van der Waals surface area contributed by atoms with Crippen LogP contribution in [0.5, 0.6) is 5.88 Å². The van der Waals surface area contributed by atoms with Crippen LogP contribution >= 0.6 is 12.2 Å². The van der Waals surface area contributed by atoms with Crippen molar-refractivity contribution in [2.75, 3.05) is 0 Å². The highest BCUT2D eigenvalue weighted by Gasteiger charge is 2.10. The molecule has 0 saturated carbocycles. The van der Waals surface area contributed by atoms with Gasteiger partial charge in [-0.2, -0.15) is 0 Å². The molecule has 3 nitrogen and oxygen atoms in total. The van der Waals surface area contributed by atoms with Crippen molar-refractivity contribution in [2.45, 2.75) is 26.8 Å². The van der Waals surface area contributed by atoms with Crippen LogP contribution in [0.2, 0.25) is 0 Å². The zero-order chi connectivity index (χ0) is 12.4. The first-order valence-corrected chi connectivity index (χ1v) is 6.19. The number of nitrogens with zero attached hydrogens (tertiary/aromatic N) is 2. The maximum atomic E-state index is 9.99. The number of para-hydroxylation sites is 1. The lowest BCUT2D eigenvalue weighted by molar-refractivity contribution is 0.441. The average Bonchev–Trinajstić information content (AvgIpc) is 2.64. The number of hydrogen-bond donors (Lipinski definition) is 1. The molecule has 0 unspecified atom stereocenters. The minimum Gasteiger partial charge on any atom is -0.493 e. The van der Waals surface area contributed by atoms with E-state index < -0.39 is 0 Å². The van der Waals surface area contributed by atoms with E-state index in [4.69, 9.17) is 12.2 Å². The van der Waals surface area contributed by atoms with Gasteiger partial charge in [0, 0.05) is 6.54 Å². The Morgan fingerprint density at radius 2 is 1.94 bits per heavy atom. The molecule has 4 heteroatoms. The van der Waals surface area contributed by atoms with E-state index in [0.717, 1.165) is 18.7 Å². The lowest BCUT2D eigenvalue weighted by Crippen LogP contribution is -2.01. The van der Waals surface area contributed by atoms with Crippen LogP contribution in [0.1, 0.15) is 19.4 Å². The summed E-state index contributed by atoms with van der Waals surface area (Å²) in [4.78, 5) is 0. The van der Waals surface area contributed by atoms with E-state index in [1.807, 2.05) is 29.7 Å². The van der Waals surface area contributed by atoms with Crippen molar-refractivity contribution in [2.24, 2.45) is 0 Å². The van der Waals surface area contributed by atoms with Crippen LogP contribution in [0, 0.1) is 4.77 Å². The lowest BCUT2D eigenvalue weighted by atomic mass is 10.1. The molecule has 2 aromatic rings. The number of rotatable bonds is 3. The zero-order valence-corrected chi connectivity index (χ0v) is 10.9. The molecule has 17 heavy (non-hydrogen) atoms. The predicted molar refractivity (Wildman–Crippen MR) is 71.3 cm³/mol. The lowest BCUT2D eigenvalue weighted by Gasteiger charge is -2.09. The van der Waals surface area contributed by atoms with Crippen LogP contribution in [0.3, 0.4) is 0 Å². The first kappa shape index (κ1) is 11.9. The molecule has 0 radical (unpaired) electrons. The van der Waals surface area contributed by atoms with Crippen molar-refractivity contribution in [3.05, 3.63) is 40.8 Å². The predicted octanol–water partition coefficient (Wildman–Crippen LogP) is 3.30. The van der Waals surface area contributed by atoms with Crippen LogP contribution in [0.4, 0.5) is 0 Å². The smallest absolute Gasteiger partial charge is 0.214 e. The molecule has 0 amide bonds. The summed E-state index contributed by atoms with van der Waals surface area (Å²) in [7, 11) is 0. The van der Waals surface area contributed by atoms with Gasteiger partial charge in [0.25, 0.3) is 0 Å². The Labute approximate surface area is 106 Å². The molecule has 2 rings (SSSR count). The molecule has 0 saturated heterocycles. The SMILES string of the molecule is CCc1ccccc1-n1c(O)cn(CC)c1=S. The number of imidazole rings is 1. The summed E-state index contributed by atoms with van der Waals surface area (Å²) in [6.07, 6.45) is 2.59. The third kappa shape index (κ3) is 2.00. The molecule has 1 heterocycles. The second-order valence-corrected chi connectivity index (χ2v) is 4.24. The van der Waals surface area contributed by atoms with Gasteiger partial charge < -0.3 is 9.67 Å². The van der Waals surface area contributed by atoms with E-state index in [2.05, 4.69) is 13.0 Å². The number of benzene rings is 1.